The molecular weight excluding hydrogens is 346 g/mol. The number of rotatable bonds is 5. The van der Waals surface area contributed by atoms with Crippen molar-refractivity contribution in [3.8, 4) is 0 Å². The van der Waals surface area contributed by atoms with Crippen molar-refractivity contribution in [2.45, 2.75) is 25.4 Å². The van der Waals surface area contributed by atoms with Gasteiger partial charge in [0, 0.05) is 29.2 Å². The van der Waals surface area contributed by atoms with Crippen molar-refractivity contribution in [1.82, 2.24) is 10.2 Å². The molecule has 3 rings (SSSR count). The van der Waals surface area contributed by atoms with E-state index in [1.807, 2.05) is 12.1 Å². The number of carbonyl (C=O) groups excluding carboxylic acids is 2. The molecule has 1 aliphatic carbocycles. The van der Waals surface area contributed by atoms with Gasteiger partial charge in [-0.15, -0.1) is 11.3 Å². The SMILES string of the molecule is CN(Cc1ccc(Cl)s1)C(=O)Nc1cccc(C(=O)NC2CC2)c1. The highest BCUT2D eigenvalue weighted by Crippen LogP contribution is 2.23. The quantitative estimate of drug-likeness (QED) is 0.844. The van der Waals surface area contributed by atoms with Crippen LogP contribution in [0.15, 0.2) is 36.4 Å². The lowest BCUT2D eigenvalue weighted by atomic mass is 10.2. The third-order valence-electron chi connectivity index (χ3n) is 3.66. The number of halogens is 1. The summed E-state index contributed by atoms with van der Waals surface area (Å²) in [5, 5.41) is 5.75. The molecule has 7 heteroatoms. The molecule has 0 aliphatic heterocycles. The van der Waals surface area contributed by atoms with Gasteiger partial charge in [-0.1, -0.05) is 17.7 Å². The van der Waals surface area contributed by atoms with Crippen LogP contribution in [-0.2, 0) is 6.54 Å². The standard InChI is InChI=1S/C17H18ClN3O2S/c1-21(10-14-7-8-15(18)24-14)17(23)20-13-4-2-3-11(9-13)16(22)19-12-5-6-12/h2-4,7-9,12H,5-6,10H2,1H3,(H,19,22)(H,20,23). The first-order valence-corrected chi connectivity index (χ1v) is 8.88. The Kier molecular flexibility index (Phi) is 5.06. The van der Waals surface area contributed by atoms with E-state index in [9.17, 15) is 9.59 Å². The van der Waals surface area contributed by atoms with Gasteiger partial charge in [-0.3, -0.25) is 4.79 Å². The van der Waals surface area contributed by atoms with Crippen molar-refractivity contribution < 1.29 is 9.59 Å². The molecule has 1 aromatic carbocycles. The minimum Gasteiger partial charge on any atom is -0.349 e. The number of anilines is 1. The molecule has 1 aromatic heterocycles. The van der Waals surface area contributed by atoms with Gasteiger partial charge in [0.25, 0.3) is 5.91 Å². The van der Waals surface area contributed by atoms with Crippen LogP contribution in [0.5, 0.6) is 0 Å². The highest BCUT2D eigenvalue weighted by atomic mass is 35.5. The summed E-state index contributed by atoms with van der Waals surface area (Å²) in [6.07, 6.45) is 2.08. The monoisotopic (exact) mass is 363 g/mol. The van der Waals surface area contributed by atoms with Crippen LogP contribution >= 0.6 is 22.9 Å². The van der Waals surface area contributed by atoms with Crippen molar-refractivity contribution in [1.29, 1.82) is 0 Å². The molecule has 1 heterocycles. The van der Waals surface area contributed by atoms with E-state index < -0.39 is 0 Å². The van der Waals surface area contributed by atoms with Gasteiger partial charge < -0.3 is 15.5 Å². The highest BCUT2D eigenvalue weighted by molar-refractivity contribution is 7.16. The Bertz CT molecular complexity index is 758. The van der Waals surface area contributed by atoms with E-state index in [-0.39, 0.29) is 11.9 Å². The molecule has 5 nitrogen and oxygen atoms in total. The fourth-order valence-corrected chi connectivity index (χ4v) is 3.34. The zero-order valence-electron chi connectivity index (χ0n) is 13.2. The van der Waals surface area contributed by atoms with E-state index in [0.717, 1.165) is 17.7 Å². The van der Waals surface area contributed by atoms with E-state index in [1.165, 1.54) is 11.3 Å². The van der Waals surface area contributed by atoms with Crippen molar-refractivity contribution in [2.24, 2.45) is 0 Å². The van der Waals surface area contributed by atoms with Crippen molar-refractivity contribution in [2.75, 3.05) is 12.4 Å². The topological polar surface area (TPSA) is 61.4 Å². The van der Waals surface area contributed by atoms with Crippen LogP contribution in [0, 0.1) is 0 Å². The summed E-state index contributed by atoms with van der Waals surface area (Å²) in [5.41, 5.74) is 1.15. The molecule has 1 aliphatic rings. The van der Waals surface area contributed by atoms with E-state index in [2.05, 4.69) is 10.6 Å². The molecule has 0 atom stereocenters. The number of amides is 3. The second-order valence-corrected chi connectivity index (χ2v) is 7.62. The van der Waals surface area contributed by atoms with Gasteiger partial charge in [0.05, 0.1) is 10.9 Å². The predicted octanol–water partition coefficient (Wildman–Crippen LogP) is 3.96. The molecule has 2 N–H and O–H groups in total. The minimum absolute atomic E-state index is 0.102. The average Bonchev–Trinajstić information content (AvgIpc) is 3.28. The molecule has 0 saturated heterocycles. The van der Waals surface area contributed by atoms with Crippen LogP contribution < -0.4 is 10.6 Å². The maximum atomic E-state index is 12.3. The van der Waals surface area contributed by atoms with Gasteiger partial charge in [-0.05, 0) is 43.2 Å². The van der Waals surface area contributed by atoms with Crippen LogP contribution in [0.25, 0.3) is 0 Å². The Balaban J connectivity index is 1.59. The van der Waals surface area contributed by atoms with Gasteiger partial charge in [-0.25, -0.2) is 4.79 Å². The normalized spacial score (nSPS) is 13.4. The van der Waals surface area contributed by atoms with Gasteiger partial charge in [0.1, 0.15) is 0 Å². The van der Waals surface area contributed by atoms with Crippen LogP contribution in [0.2, 0.25) is 4.34 Å². The molecule has 126 valence electrons. The van der Waals surface area contributed by atoms with Gasteiger partial charge in [0.2, 0.25) is 0 Å². The average molecular weight is 364 g/mol. The van der Waals surface area contributed by atoms with Gasteiger partial charge in [0.15, 0.2) is 0 Å². The Morgan fingerprint density at radius 3 is 2.75 bits per heavy atom. The van der Waals surface area contributed by atoms with Crippen molar-refractivity contribution in [3.05, 3.63) is 51.2 Å². The molecule has 2 aromatic rings. The number of hydrogen-bond acceptors (Lipinski definition) is 3. The lowest BCUT2D eigenvalue weighted by molar-refractivity contribution is 0.0951. The molecular formula is C17H18ClN3O2S. The number of nitrogens with one attached hydrogen (secondary N) is 2. The maximum absolute atomic E-state index is 12.3. The molecule has 0 bridgehead atoms. The van der Waals surface area contributed by atoms with Crippen LogP contribution in [0.3, 0.4) is 0 Å². The largest absolute Gasteiger partial charge is 0.349 e. The second-order valence-electron chi connectivity index (χ2n) is 5.82. The Labute approximate surface area is 149 Å². The summed E-state index contributed by atoms with van der Waals surface area (Å²) in [5.74, 6) is -0.102. The fraction of sp³-hybridized carbons (Fsp3) is 0.294. The number of carbonyl (C=O) groups is 2. The Morgan fingerprint density at radius 2 is 2.08 bits per heavy atom. The molecule has 0 unspecified atom stereocenters. The number of nitrogens with zero attached hydrogens (tertiary/aromatic N) is 1. The zero-order valence-corrected chi connectivity index (χ0v) is 14.8. The maximum Gasteiger partial charge on any atom is 0.321 e. The van der Waals surface area contributed by atoms with E-state index >= 15 is 0 Å². The first-order chi connectivity index (χ1) is 11.5. The Morgan fingerprint density at radius 1 is 1.29 bits per heavy atom. The molecule has 1 saturated carbocycles. The summed E-state index contributed by atoms with van der Waals surface area (Å²) in [6.45, 7) is 0.477. The number of urea groups is 1. The molecule has 24 heavy (non-hydrogen) atoms. The van der Waals surface area contributed by atoms with E-state index in [4.69, 9.17) is 11.6 Å². The predicted molar refractivity (Wildman–Crippen MR) is 96.7 cm³/mol. The summed E-state index contributed by atoms with van der Waals surface area (Å²) >= 11 is 7.35. The number of thiophene rings is 1. The third-order valence-corrected chi connectivity index (χ3v) is 4.87. The fourth-order valence-electron chi connectivity index (χ4n) is 2.20. The summed E-state index contributed by atoms with van der Waals surface area (Å²) in [6, 6.07) is 10.7. The molecule has 3 amide bonds. The van der Waals surface area contributed by atoms with Crippen molar-refractivity contribution >= 4 is 40.6 Å². The van der Waals surface area contributed by atoms with Crippen molar-refractivity contribution in [3.63, 3.8) is 0 Å². The first-order valence-electron chi connectivity index (χ1n) is 7.68. The third kappa shape index (κ3) is 4.49. The van der Waals surface area contributed by atoms with E-state index in [0.29, 0.717) is 28.2 Å². The molecule has 0 spiro atoms. The zero-order chi connectivity index (χ0) is 17.1. The summed E-state index contributed by atoms with van der Waals surface area (Å²) in [7, 11) is 1.71. The lowest BCUT2D eigenvalue weighted by Crippen LogP contribution is -2.30. The first kappa shape index (κ1) is 16.8. The van der Waals surface area contributed by atoms with E-state index in [1.54, 1.807) is 36.2 Å². The molecule has 1 fully saturated rings. The van der Waals surface area contributed by atoms with Gasteiger partial charge >= 0.3 is 6.03 Å². The van der Waals surface area contributed by atoms with Crippen LogP contribution in [0.4, 0.5) is 10.5 Å². The van der Waals surface area contributed by atoms with Crippen LogP contribution in [0.1, 0.15) is 28.1 Å². The Hall–Kier alpha value is -2.05. The lowest BCUT2D eigenvalue weighted by Gasteiger charge is -2.17. The summed E-state index contributed by atoms with van der Waals surface area (Å²) in [4.78, 5) is 26.9. The second kappa shape index (κ2) is 7.23. The van der Waals surface area contributed by atoms with Gasteiger partial charge in [-0.2, -0.15) is 0 Å². The number of benzene rings is 1. The minimum atomic E-state index is -0.237. The summed E-state index contributed by atoms with van der Waals surface area (Å²) < 4.78 is 0.702. The number of hydrogen-bond donors (Lipinski definition) is 2. The molecule has 0 radical (unpaired) electrons. The smallest absolute Gasteiger partial charge is 0.321 e. The van der Waals surface area contributed by atoms with Crippen LogP contribution in [-0.4, -0.2) is 29.9 Å². The highest BCUT2D eigenvalue weighted by Gasteiger charge is 2.23.